The highest BCUT2D eigenvalue weighted by atomic mass is 32.1. The van der Waals surface area contributed by atoms with E-state index >= 15 is 0 Å². The van der Waals surface area contributed by atoms with Gasteiger partial charge in [-0.1, -0.05) is 23.5 Å². The molecule has 1 N–H and O–H groups in total. The molecular weight excluding hydrogens is 318 g/mol. The van der Waals surface area contributed by atoms with Crippen LogP contribution in [0.2, 0.25) is 0 Å². The van der Waals surface area contributed by atoms with E-state index in [-0.39, 0.29) is 11.6 Å². The second-order valence-corrected chi connectivity index (χ2v) is 5.89. The van der Waals surface area contributed by atoms with Crippen molar-refractivity contribution >= 4 is 38.3 Å². The highest BCUT2D eigenvalue weighted by molar-refractivity contribution is 7.22. The number of carbonyl (C=O) groups excluding carboxylic acids is 1. The topological polar surface area (TPSA) is 103 Å². The van der Waals surface area contributed by atoms with Crippen molar-refractivity contribution < 1.29 is 9.72 Å². The first kappa shape index (κ1) is 15.1. The van der Waals surface area contributed by atoms with Crippen molar-refractivity contribution in [1.29, 1.82) is 0 Å². The summed E-state index contributed by atoms with van der Waals surface area (Å²) in [6.45, 7) is 0.446. The quantitative estimate of drug-likeness (QED) is 0.552. The van der Waals surface area contributed by atoms with Gasteiger partial charge in [-0.2, -0.15) is 5.10 Å². The first-order valence-electron chi connectivity index (χ1n) is 6.94. The smallest absolute Gasteiger partial charge is 0.302 e. The lowest BCUT2D eigenvalue weighted by Gasteiger charge is -2.02. The van der Waals surface area contributed by atoms with E-state index in [9.17, 15) is 14.9 Å². The zero-order chi connectivity index (χ0) is 16.2. The maximum atomic E-state index is 11.9. The lowest BCUT2D eigenvalue weighted by Crippen LogP contribution is -2.12. The molecular formula is C14H13N5O3S. The Hall–Kier alpha value is -2.81. The fourth-order valence-corrected chi connectivity index (χ4v) is 2.96. The summed E-state index contributed by atoms with van der Waals surface area (Å²) < 4.78 is 2.48. The molecule has 3 aromatic rings. The van der Waals surface area contributed by atoms with Gasteiger partial charge in [0.05, 0.1) is 15.1 Å². The van der Waals surface area contributed by atoms with E-state index in [0.29, 0.717) is 24.5 Å². The number of rotatable bonds is 6. The first-order valence-corrected chi connectivity index (χ1v) is 7.76. The Bertz CT molecular complexity index is 824. The molecule has 0 saturated heterocycles. The number of carbonyl (C=O) groups is 1. The van der Waals surface area contributed by atoms with E-state index in [1.165, 1.54) is 28.4 Å². The lowest BCUT2D eigenvalue weighted by molar-refractivity contribution is -0.385. The lowest BCUT2D eigenvalue weighted by atomic mass is 10.3. The van der Waals surface area contributed by atoms with Crippen molar-refractivity contribution in [3.63, 3.8) is 0 Å². The number of para-hydroxylation sites is 1. The van der Waals surface area contributed by atoms with Gasteiger partial charge in [-0.3, -0.25) is 19.6 Å². The average Bonchev–Trinajstić information content (AvgIpc) is 3.13. The zero-order valence-electron chi connectivity index (χ0n) is 12.0. The van der Waals surface area contributed by atoms with Gasteiger partial charge in [-0.15, -0.1) is 0 Å². The molecule has 0 saturated carbocycles. The fraction of sp³-hybridized carbons (Fsp3) is 0.214. The van der Waals surface area contributed by atoms with Gasteiger partial charge in [0.2, 0.25) is 5.91 Å². The average molecular weight is 331 g/mol. The van der Waals surface area contributed by atoms with Crippen molar-refractivity contribution in [2.24, 2.45) is 0 Å². The molecule has 0 spiro atoms. The Balaban J connectivity index is 1.50. The standard InChI is InChI=1S/C14H13N5O3S/c20-13(6-3-7-18-9-10(8-15-18)19(21)22)17-14-16-11-4-1-2-5-12(11)23-14/h1-2,4-5,8-9H,3,6-7H2,(H,16,17,20). The minimum Gasteiger partial charge on any atom is -0.302 e. The van der Waals surface area contributed by atoms with Crippen LogP contribution < -0.4 is 5.32 Å². The predicted octanol–water partition coefficient (Wildman–Crippen LogP) is 2.82. The molecule has 23 heavy (non-hydrogen) atoms. The normalized spacial score (nSPS) is 10.8. The molecule has 0 aliphatic carbocycles. The highest BCUT2D eigenvalue weighted by Crippen LogP contribution is 2.25. The number of anilines is 1. The van der Waals surface area contributed by atoms with Crippen molar-refractivity contribution in [2.75, 3.05) is 5.32 Å². The van der Waals surface area contributed by atoms with Gasteiger partial charge in [0.1, 0.15) is 12.4 Å². The van der Waals surface area contributed by atoms with Crippen molar-refractivity contribution in [3.05, 3.63) is 46.8 Å². The Labute approximate surface area is 134 Å². The van der Waals surface area contributed by atoms with Gasteiger partial charge >= 0.3 is 5.69 Å². The number of thiazole rings is 1. The third-order valence-electron chi connectivity index (χ3n) is 3.16. The van der Waals surface area contributed by atoms with Gasteiger partial charge in [-0.25, -0.2) is 4.98 Å². The third kappa shape index (κ3) is 3.69. The number of nitrogens with zero attached hydrogens (tertiary/aromatic N) is 4. The molecule has 2 heterocycles. The number of nitro groups is 1. The van der Waals surface area contributed by atoms with Gasteiger partial charge in [0, 0.05) is 13.0 Å². The number of benzene rings is 1. The number of nitrogens with one attached hydrogen (secondary N) is 1. The summed E-state index contributed by atoms with van der Waals surface area (Å²) in [6, 6.07) is 7.67. The maximum absolute atomic E-state index is 11.9. The molecule has 3 rings (SSSR count). The van der Waals surface area contributed by atoms with Crippen LogP contribution in [0.25, 0.3) is 10.2 Å². The van der Waals surface area contributed by atoms with E-state index in [1.54, 1.807) is 0 Å². The summed E-state index contributed by atoms with van der Waals surface area (Å²) in [7, 11) is 0. The van der Waals surface area contributed by atoms with E-state index in [4.69, 9.17) is 0 Å². The molecule has 9 heteroatoms. The third-order valence-corrected chi connectivity index (χ3v) is 4.11. The number of hydrogen-bond donors (Lipinski definition) is 1. The number of amides is 1. The summed E-state index contributed by atoms with van der Waals surface area (Å²) in [4.78, 5) is 26.3. The molecule has 0 unspecified atom stereocenters. The molecule has 0 bridgehead atoms. The monoisotopic (exact) mass is 331 g/mol. The van der Waals surface area contributed by atoms with E-state index in [1.807, 2.05) is 24.3 Å². The van der Waals surface area contributed by atoms with E-state index in [0.717, 1.165) is 10.2 Å². The van der Waals surface area contributed by atoms with Gasteiger partial charge in [-0.05, 0) is 18.6 Å². The summed E-state index contributed by atoms with van der Waals surface area (Å²) in [5.41, 5.74) is 0.806. The minimum absolute atomic E-state index is 0.0519. The SMILES string of the molecule is O=C(CCCn1cc([N+](=O)[O-])cn1)Nc1nc2ccccc2s1. The van der Waals surface area contributed by atoms with E-state index < -0.39 is 4.92 Å². The first-order chi connectivity index (χ1) is 11.1. The zero-order valence-corrected chi connectivity index (χ0v) is 12.8. The molecule has 0 atom stereocenters. The molecule has 0 fully saturated rings. The molecule has 1 aromatic carbocycles. The summed E-state index contributed by atoms with van der Waals surface area (Å²) in [5, 5.41) is 17.8. The van der Waals surface area contributed by atoms with Crippen LogP contribution in [0, 0.1) is 10.1 Å². The van der Waals surface area contributed by atoms with Crippen LogP contribution in [0.1, 0.15) is 12.8 Å². The summed E-state index contributed by atoms with van der Waals surface area (Å²) in [5.74, 6) is -0.134. The predicted molar refractivity (Wildman–Crippen MR) is 86.4 cm³/mol. The molecule has 2 aromatic heterocycles. The van der Waals surface area contributed by atoms with Crippen LogP contribution >= 0.6 is 11.3 Å². The van der Waals surface area contributed by atoms with Crippen molar-refractivity contribution in [3.8, 4) is 0 Å². The second-order valence-electron chi connectivity index (χ2n) is 4.86. The second kappa shape index (κ2) is 6.53. The largest absolute Gasteiger partial charge is 0.306 e. The van der Waals surface area contributed by atoms with Crippen molar-refractivity contribution in [2.45, 2.75) is 19.4 Å². The summed E-state index contributed by atoms with van der Waals surface area (Å²) >= 11 is 1.43. The number of aromatic nitrogens is 3. The number of hydrogen-bond acceptors (Lipinski definition) is 6. The fourth-order valence-electron chi connectivity index (χ4n) is 2.08. The van der Waals surface area contributed by atoms with Crippen LogP contribution in [0.4, 0.5) is 10.8 Å². The number of aryl methyl sites for hydroxylation is 1. The molecule has 0 aliphatic rings. The maximum Gasteiger partial charge on any atom is 0.306 e. The Morgan fingerprint density at radius 2 is 2.22 bits per heavy atom. The Kier molecular flexibility index (Phi) is 4.29. The minimum atomic E-state index is -0.497. The van der Waals surface area contributed by atoms with Crippen LogP contribution in [-0.4, -0.2) is 25.6 Å². The summed E-state index contributed by atoms with van der Waals surface area (Å²) in [6.07, 6.45) is 3.38. The van der Waals surface area contributed by atoms with Gasteiger partial charge in [0.15, 0.2) is 5.13 Å². The van der Waals surface area contributed by atoms with Gasteiger partial charge in [0.25, 0.3) is 0 Å². The Morgan fingerprint density at radius 3 is 2.96 bits per heavy atom. The molecule has 118 valence electrons. The van der Waals surface area contributed by atoms with Crippen molar-refractivity contribution in [1.82, 2.24) is 14.8 Å². The molecule has 1 amide bonds. The van der Waals surface area contributed by atoms with Crippen LogP contribution in [0.15, 0.2) is 36.7 Å². The van der Waals surface area contributed by atoms with Crippen LogP contribution in [0.5, 0.6) is 0 Å². The molecule has 8 nitrogen and oxygen atoms in total. The molecule has 0 radical (unpaired) electrons. The highest BCUT2D eigenvalue weighted by Gasteiger charge is 2.10. The molecule has 0 aliphatic heterocycles. The number of fused-ring (bicyclic) bond motifs is 1. The van der Waals surface area contributed by atoms with Gasteiger partial charge < -0.3 is 5.32 Å². The van der Waals surface area contributed by atoms with E-state index in [2.05, 4.69) is 15.4 Å². The van der Waals surface area contributed by atoms with Crippen LogP contribution in [-0.2, 0) is 11.3 Å². The van der Waals surface area contributed by atoms with Crippen LogP contribution in [0.3, 0.4) is 0 Å². The Morgan fingerprint density at radius 1 is 1.39 bits per heavy atom.